The minimum absolute atomic E-state index is 0.0995. The van der Waals surface area contributed by atoms with Crippen molar-refractivity contribution in [3.8, 4) is 0 Å². The molecule has 16 heavy (non-hydrogen) atoms. The van der Waals surface area contributed by atoms with Crippen molar-refractivity contribution in [3.05, 3.63) is 0 Å². The van der Waals surface area contributed by atoms with Gasteiger partial charge in [-0.05, 0) is 18.8 Å². The molecule has 5 heteroatoms. The highest BCUT2D eigenvalue weighted by molar-refractivity contribution is 5.80. The van der Waals surface area contributed by atoms with Crippen LogP contribution in [0.4, 0.5) is 0 Å². The summed E-state index contributed by atoms with van der Waals surface area (Å²) in [7, 11) is 0. The molecule has 1 saturated heterocycles. The first-order valence-corrected chi connectivity index (χ1v) is 5.65. The standard InChI is InChI=1S/C11H20N2O3/c1-8(2)7-9(14)13-5-3-11(12,4-6-13)10(15)16/h8H,3-7,12H2,1-2H3,(H,15,16). The third-order valence-corrected chi connectivity index (χ3v) is 3.02. The predicted molar refractivity (Wildman–Crippen MR) is 59.8 cm³/mol. The fourth-order valence-corrected chi connectivity index (χ4v) is 1.85. The number of carbonyl (C=O) groups is 2. The lowest BCUT2D eigenvalue weighted by Gasteiger charge is -2.36. The Morgan fingerprint density at radius 2 is 1.88 bits per heavy atom. The van der Waals surface area contributed by atoms with Gasteiger partial charge in [-0.3, -0.25) is 9.59 Å². The largest absolute Gasteiger partial charge is 0.480 e. The van der Waals surface area contributed by atoms with Gasteiger partial charge < -0.3 is 15.7 Å². The third kappa shape index (κ3) is 2.95. The Bertz CT molecular complexity index is 281. The molecule has 5 nitrogen and oxygen atoms in total. The molecule has 0 aromatic heterocycles. The summed E-state index contributed by atoms with van der Waals surface area (Å²) in [6.45, 7) is 4.89. The van der Waals surface area contributed by atoms with Crippen molar-refractivity contribution in [1.29, 1.82) is 0 Å². The molecule has 1 heterocycles. The van der Waals surface area contributed by atoms with E-state index >= 15 is 0 Å². The summed E-state index contributed by atoms with van der Waals surface area (Å²) < 4.78 is 0. The second-order valence-corrected chi connectivity index (χ2v) is 4.94. The Balaban J connectivity index is 2.49. The van der Waals surface area contributed by atoms with Crippen molar-refractivity contribution in [3.63, 3.8) is 0 Å². The second-order valence-electron chi connectivity index (χ2n) is 4.94. The predicted octanol–water partition coefficient (Wildman–Crippen LogP) is 0.437. The Hall–Kier alpha value is -1.10. The van der Waals surface area contributed by atoms with Crippen LogP contribution in [0.1, 0.15) is 33.1 Å². The minimum Gasteiger partial charge on any atom is -0.480 e. The molecule has 0 atom stereocenters. The van der Waals surface area contributed by atoms with Crippen molar-refractivity contribution in [1.82, 2.24) is 4.90 Å². The number of nitrogens with two attached hydrogens (primary N) is 1. The van der Waals surface area contributed by atoms with Gasteiger partial charge >= 0.3 is 5.97 Å². The van der Waals surface area contributed by atoms with Crippen molar-refractivity contribution in [2.24, 2.45) is 11.7 Å². The summed E-state index contributed by atoms with van der Waals surface area (Å²) >= 11 is 0. The van der Waals surface area contributed by atoms with Crippen LogP contribution in [0, 0.1) is 5.92 Å². The van der Waals surface area contributed by atoms with Crippen LogP contribution in [0.5, 0.6) is 0 Å². The van der Waals surface area contributed by atoms with E-state index in [1.54, 1.807) is 4.90 Å². The van der Waals surface area contributed by atoms with E-state index in [1.807, 2.05) is 13.8 Å². The van der Waals surface area contributed by atoms with Gasteiger partial charge in [-0.2, -0.15) is 0 Å². The van der Waals surface area contributed by atoms with Gasteiger partial charge in [0.25, 0.3) is 0 Å². The van der Waals surface area contributed by atoms with Gasteiger partial charge in [0, 0.05) is 19.5 Å². The van der Waals surface area contributed by atoms with E-state index in [-0.39, 0.29) is 5.91 Å². The van der Waals surface area contributed by atoms with Gasteiger partial charge in [0.2, 0.25) is 5.91 Å². The summed E-state index contributed by atoms with van der Waals surface area (Å²) in [5.41, 5.74) is 4.58. The average Bonchev–Trinajstić information content (AvgIpc) is 2.17. The van der Waals surface area contributed by atoms with Crippen LogP contribution in [-0.4, -0.2) is 40.5 Å². The molecule has 0 spiro atoms. The first kappa shape index (κ1) is 13.0. The maximum atomic E-state index is 11.7. The van der Waals surface area contributed by atoms with Gasteiger partial charge in [0.1, 0.15) is 5.54 Å². The van der Waals surface area contributed by atoms with Gasteiger partial charge in [0.15, 0.2) is 0 Å². The number of rotatable bonds is 3. The summed E-state index contributed by atoms with van der Waals surface area (Å²) in [5.74, 6) is -0.539. The summed E-state index contributed by atoms with van der Waals surface area (Å²) in [5, 5.41) is 8.94. The van der Waals surface area contributed by atoms with Crippen LogP contribution in [0.25, 0.3) is 0 Å². The molecule has 1 aliphatic heterocycles. The zero-order valence-corrected chi connectivity index (χ0v) is 9.90. The average molecular weight is 228 g/mol. The number of carbonyl (C=O) groups excluding carboxylic acids is 1. The molecule has 1 rings (SSSR count). The molecular formula is C11H20N2O3. The molecule has 3 N–H and O–H groups in total. The first-order valence-electron chi connectivity index (χ1n) is 5.65. The first-order chi connectivity index (χ1) is 7.35. The molecule has 0 saturated carbocycles. The van der Waals surface area contributed by atoms with E-state index in [2.05, 4.69) is 0 Å². The maximum Gasteiger partial charge on any atom is 0.323 e. The van der Waals surface area contributed by atoms with E-state index in [1.165, 1.54) is 0 Å². The van der Waals surface area contributed by atoms with Gasteiger partial charge in [-0.15, -0.1) is 0 Å². The Labute approximate surface area is 95.6 Å². The number of carboxylic acids is 1. The van der Waals surface area contributed by atoms with Gasteiger partial charge in [-0.25, -0.2) is 0 Å². The lowest BCUT2D eigenvalue weighted by atomic mass is 9.88. The molecule has 1 fully saturated rings. The number of hydrogen-bond donors (Lipinski definition) is 2. The van der Waals surface area contributed by atoms with Crippen LogP contribution in [0.15, 0.2) is 0 Å². The second kappa shape index (κ2) is 4.82. The molecule has 92 valence electrons. The van der Waals surface area contributed by atoms with Gasteiger partial charge in [0.05, 0.1) is 0 Å². The van der Waals surface area contributed by atoms with E-state index in [9.17, 15) is 9.59 Å². The highest BCUT2D eigenvalue weighted by Gasteiger charge is 2.38. The Kier molecular flexibility index (Phi) is 3.91. The molecule has 0 bridgehead atoms. The zero-order chi connectivity index (χ0) is 12.3. The lowest BCUT2D eigenvalue weighted by Crippen LogP contribution is -2.56. The van der Waals surface area contributed by atoms with Crippen LogP contribution < -0.4 is 5.73 Å². The highest BCUT2D eigenvalue weighted by Crippen LogP contribution is 2.21. The molecule has 0 aliphatic carbocycles. The van der Waals surface area contributed by atoms with E-state index < -0.39 is 11.5 Å². The van der Waals surface area contributed by atoms with E-state index in [0.717, 1.165) is 0 Å². The fourth-order valence-electron chi connectivity index (χ4n) is 1.85. The monoisotopic (exact) mass is 228 g/mol. The quantitative estimate of drug-likeness (QED) is 0.734. The molecule has 0 aromatic carbocycles. The third-order valence-electron chi connectivity index (χ3n) is 3.02. The van der Waals surface area contributed by atoms with Crippen LogP contribution in [0.2, 0.25) is 0 Å². The van der Waals surface area contributed by atoms with Crippen LogP contribution >= 0.6 is 0 Å². The number of aliphatic carboxylic acids is 1. The molecule has 0 unspecified atom stereocenters. The molecule has 0 aromatic rings. The fraction of sp³-hybridized carbons (Fsp3) is 0.818. The number of nitrogens with zero attached hydrogens (tertiary/aromatic N) is 1. The number of likely N-dealkylation sites (tertiary alicyclic amines) is 1. The van der Waals surface area contributed by atoms with E-state index in [4.69, 9.17) is 10.8 Å². The number of carboxylic acid groups (broad SMARTS) is 1. The zero-order valence-electron chi connectivity index (χ0n) is 9.90. The number of piperidine rings is 1. The molecule has 1 amide bonds. The minimum atomic E-state index is -1.14. The topological polar surface area (TPSA) is 83.6 Å². The smallest absolute Gasteiger partial charge is 0.323 e. The van der Waals surface area contributed by atoms with Crippen LogP contribution in [0.3, 0.4) is 0 Å². The van der Waals surface area contributed by atoms with Gasteiger partial charge in [-0.1, -0.05) is 13.8 Å². The highest BCUT2D eigenvalue weighted by atomic mass is 16.4. The summed E-state index contributed by atoms with van der Waals surface area (Å²) in [6.07, 6.45) is 1.20. The SMILES string of the molecule is CC(C)CC(=O)N1CCC(N)(C(=O)O)CC1. The Morgan fingerprint density at radius 3 is 2.25 bits per heavy atom. The molecular weight excluding hydrogens is 208 g/mol. The lowest BCUT2D eigenvalue weighted by molar-refractivity contribution is -0.147. The van der Waals surface area contributed by atoms with Crippen molar-refractivity contribution >= 4 is 11.9 Å². The van der Waals surface area contributed by atoms with Crippen molar-refractivity contribution in [2.45, 2.75) is 38.6 Å². The normalized spacial score (nSPS) is 19.9. The van der Waals surface area contributed by atoms with Crippen molar-refractivity contribution < 1.29 is 14.7 Å². The Morgan fingerprint density at radius 1 is 1.38 bits per heavy atom. The maximum absolute atomic E-state index is 11.7. The molecule has 1 aliphatic rings. The number of amides is 1. The summed E-state index contributed by atoms with van der Waals surface area (Å²) in [6, 6.07) is 0. The van der Waals surface area contributed by atoms with E-state index in [0.29, 0.717) is 38.3 Å². The number of hydrogen-bond acceptors (Lipinski definition) is 3. The van der Waals surface area contributed by atoms with Crippen molar-refractivity contribution in [2.75, 3.05) is 13.1 Å². The summed E-state index contributed by atoms with van der Waals surface area (Å²) in [4.78, 5) is 24.3. The van der Waals surface area contributed by atoms with Crippen LogP contribution in [-0.2, 0) is 9.59 Å². The molecule has 0 radical (unpaired) electrons.